The molecule has 1 heterocycles. The summed E-state index contributed by atoms with van der Waals surface area (Å²) in [4.78, 5) is 28.2. The molecule has 0 fully saturated rings. The van der Waals surface area contributed by atoms with Crippen molar-refractivity contribution in [2.45, 2.75) is 19.9 Å². The molecule has 0 aliphatic rings. The highest BCUT2D eigenvalue weighted by Gasteiger charge is 2.22. The Morgan fingerprint density at radius 2 is 1.91 bits per heavy atom. The van der Waals surface area contributed by atoms with Gasteiger partial charge in [0, 0.05) is 28.9 Å². The zero-order valence-corrected chi connectivity index (χ0v) is 14.0. The Hall–Kier alpha value is -1.78. The van der Waals surface area contributed by atoms with Crippen LogP contribution in [0.5, 0.6) is 0 Å². The van der Waals surface area contributed by atoms with Gasteiger partial charge in [0.1, 0.15) is 5.69 Å². The standard InChI is InChI=1S/C16H16Cl2N2O2/c1-9(13-5-4-12(17)7-14(13)18)20(3)16(22)15-6-11(8-19-15)10(2)21/h4-9,19H,1-3H3. The average Bonchev–Trinajstić information content (AvgIpc) is 2.95. The van der Waals surface area contributed by atoms with E-state index in [2.05, 4.69) is 4.98 Å². The Labute approximate surface area is 139 Å². The summed E-state index contributed by atoms with van der Waals surface area (Å²) in [7, 11) is 1.69. The normalized spacial score (nSPS) is 12.0. The van der Waals surface area contributed by atoms with Gasteiger partial charge in [-0.1, -0.05) is 29.3 Å². The molecule has 0 radical (unpaired) electrons. The minimum Gasteiger partial charge on any atom is -0.356 e. The number of Topliss-reactive ketones (excluding diaryl/α,β-unsaturated/α-hetero) is 1. The first-order valence-electron chi connectivity index (χ1n) is 6.72. The van der Waals surface area contributed by atoms with Gasteiger partial charge in [-0.2, -0.15) is 0 Å². The molecule has 22 heavy (non-hydrogen) atoms. The molecule has 2 rings (SSSR count). The number of amides is 1. The number of aromatic nitrogens is 1. The molecule has 0 aliphatic carbocycles. The molecule has 1 aromatic heterocycles. The predicted molar refractivity (Wildman–Crippen MR) is 87.8 cm³/mol. The largest absolute Gasteiger partial charge is 0.356 e. The number of ketones is 1. The van der Waals surface area contributed by atoms with E-state index in [1.54, 1.807) is 36.2 Å². The third-order valence-corrected chi connectivity index (χ3v) is 4.20. The molecule has 0 bridgehead atoms. The van der Waals surface area contributed by atoms with Crippen LogP contribution in [-0.4, -0.2) is 28.6 Å². The number of halogens is 2. The molecule has 4 nitrogen and oxygen atoms in total. The monoisotopic (exact) mass is 338 g/mol. The molecule has 1 N–H and O–H groups in total. The number of carbonyl (C=O) groups is 2. The van der Waals surface area contributed by atoms with Crippen LogP contribution in [0.15, 0.2) is 30.5 Å². The maximum absolute atomic E-state index is 12.5. The summed E-state index contributed by atoms with van der Waals surface area (Å²) in [6.45, 7) is 3.33. The molecular formula is C16H16Cl2N2O2. The summed E-state index contributed by atoms with van der Waals surface area (Å²) in [5, 5.41) is 1.06. The van der Waals surface area contributed by atoms with Crippen molar-refractivity contribution in [3.8, 4) is 0 Å². The summed E-state index contributed by atoms with van der Waals surface area (Å²) in [6, 6.07) is 6.50. The van der Waals surface area contributed by atoms with Crippen LogP contribution in [0.2, 0.25) is 10.0 Å². The molecule has 0 aliphatic heterocycles. The maximum Gasteiger partial charge on any atom is 0.270 e. The van der Waals surface area contributed by atoms with Gasteiger partial charge in [0.25, 0.3) is 5.91 Å². The van der Waals surface area contributed by atoms with Crippen LogP contribution in [0, 0.1) is 0 Å². The third-order valence-electron chi connectivity index (χ3n) is 3.63. The quantitative estimate of drug-likeness (QED) is 0.842. The number of rotatable bonds is 4. The van der Waals surface area contributed by atoms with Crippen molar-refractivity contribution < 1.29 is 9.59 Å². The Bertz CT molecular complexity index is 725. The zero-order chi connectivity index (χ0) is 16.4. The van der Waals surface area contributed by atoms with E-state index in [4.69, 9.17) is 23.2 Å². The molecular weight excluding hydrogens is 323 g/mol. The van der Waals surface area contributed by atoms with Gasteiger partial charge in [-0.05, 0) is 37.6 Å². The van der Waals surface area contributed by atoms with Crippen LogP contribution in [0.1, 0.15) is 46.3 Å². The van der Waals surface area contributed by atoms with E-state index < -0.39 is 0 Å². The molecule has 1 amide bonds. The van der Waals surface area contributed by atoms with E-state index in [1.807, 2.05) is 6.92 Å². The third kappa shape index (κ3) is 3.34. The summed E-state index contributed by atoms with van der Waals surface area (Å²) >= 11 is 12.1. The van der Waals surface area contributed by atoms with E-state index in [-0.39, 0.29) is 17.7 Å². The van der Waals surface area contributed by atoms with Crippen molar-refractivity contribution in [2.75, 3.05) is 7.05 Å². The maximum atomic E-state index is 12.5. The molecule has 1 aromatic carbocycles. The van der Waals surface area contributed by atoms with Crippen molar-refractivity contribution in [3.63, 3.8) is 0 Å². The highest BCUT2D eigenvalue weighted by atomic mass is 35.5. The smallest absolute Gasteiger partial charge is 0.270 e. The van der Waals surface area contributed by atoms with Crippen LogP contribution in [0.25, 0.3) is 0 Å². The second-order valence-electron chi connectivity index (χ2n) is 5.12. The summed E-state index contributed by atoms with van der Waals surface area (Å²) in [6.07, 6.45) is 1.53. The van der Waals surface area contributed by atoms with Crippen molar-refractivity contribution in [1.29, 1.82) is 0 Å². The summed E-state index contributed by atoms with van der Waals surface area (Å²) < 4.78 is 0. The van der Waals surface area contributed by atoms with Crippen LogP contribution in [0.3, 0.4) is 0 Å². The SMILES string of the molecule is CC(=O)c1c[nH]c(C(=O)N(C)C(C)c2ccc(Cl)cc2Cl)c1. The van der Waals surface area contributed by atoms with E-state index in [1.165, 1.54) is 13.1 Å². The number of nitrogens with one attached hydrogen (secondary N) is 1. The van der Waals surface area contributed by atoms with Gasteiger partial charge in [0.15, 0.2) is 5.78 Å². The minimum absolute atomic E-state index is 0.0910. The number of carbonyl (C=O) groups excluding carboxylic acids is 2. The number of hydrogen-bond donors (Lipinski definition) is 1. The Morgan fingerprint density at radius 1 is 1.23 bits per heavy atom. The van der Waals surface area contributed by atoms with E-state index in [0.717, 1.165) is 5.56 Å². The van der Waals surface area contributed by atoms with Crippen molar-refractivity contribution in [3.05, 3.63) is 57.3 Å². The lowest BCUT2D eigenvalue weighted by Gasteiger charge is -2.25. The second-order valence-corrected chi connectivity index (χ2v) is 5.96. The fourth-order valence-electron chi connectivity index (χ4n) is 2.14. The number of nitrogens with zero attached hydrogens (tertiary/aromatic N) is 1. The van der Waals surface area contributed by atoms with Gasteiger partial charge in [-0.15, -0.1) is 0 Å². The van der Waals surface area contributed by atoms with Crippen LogP contribution in [-0.2, 0) is 0 Å². The Kier molecular flexibility index (Phi) is 4.94. The number of aromatic amines is 1. The van der Waals surface area contributed by atoms with Crippen LogP contribution >= 0.6 is 23.2 Å². The molecule has 2 aromatic rings. The fraction of sp³-hybridized carbons (Fsp3) is 0.250. The van der Waals surface area contributed by atoms with Crippen LogP contribution < -0.4 is 0 Å². The van der Waals surface area contributed by atoms with Crippen LogP contribution in [0.4, 0.5) is 0 Å². The first-order valence-corrected chi connectivity index (χ1v) is 7.48. The van der Waals surface area contributed by atoms with Gasteiger partial charge in [0.05, 0.1) is 6.04 Å². The van der Waals surface area contributed by atoms with Crippen molar-refractivity contribution in [1.82, 2.24) is 9.88 Å². The number of hydrogen-bond acceptors (Lipinski definition) is 2. The minimum atomic E-state index is -0.235. The second kappa shape index (κ2) is 6.55. The highest BCUT2D eigenvalue weighted by Crippen LogP contribution is 2.29. The lowest BCUT2D eigenvalue weighted by Crippen LogP contribution is -2.30. The lowest BCUT2D eigenvalue weighted by atomic mass is 10.1. The molecule has 0 saturated heterocycles. The van der Waals surface area contributed by atoms with Gasteiger partial charge in [0.2, 0.25) is 0 Å². The van der Waals surface area contributed by atoms with E-state index >= 15 is 0 Å². The average molecular weight is 339 g/mol. The summed E-state index contributed by atoms with van der Waals surface area (Å²) in [5.74, 6) is -0.308. The van der Waals surface area contributed by atoms with Gasteiger partial charge in [-0.25, -0.2) is 0 Å². The molecule has 6 heteroatoms. The molecule has 0 saturated carbocycles. The van der Waals surface area contributed by atoms with Crippen molar-refractivity contribution >= 4 is 34.9 Å². The Balaban J connectivity index is 2.23. The zero-order valence-electron chi connectivity index (χ0n) is 12.5. The van der Waals surface area contributed by atoms with Gasteiger partial charge < -0.3 is 9.88 Å². The van der Waals surface area contributed by atoms with Gasteiger partial charge in [-0.3, -0.25) is 9.59 Å². The molecule has 1 unspecified atom stereocenters. The number of benzene rings is 1. The number of H-pyrrole nitrogens is 1. The lowest BCUT2D eigenvalue weighted by molar-refractivity contribution is 0.0737. The first-order chi connectivity index (χ1) is 10.3. The topological polar surface area (TPSA) is 53.2 Å². The van der Waals surface area contributed by atoms with Crippen molar-refractivity contribution in [2.24, 2.45) is 0 Å². The first kappa shape index (κ1) is 16.6. The molecule has 0 spiro atoms. The molecule has 1 atom stereocenters. The molecule has 116 valence electrons. The van der Waals surface area contributed by atoms with E-state index in [9.17, 15) is 9.59 Å². The highest BCUT2D eigenvalue weighted by molar-refractivity contribution is 6.35. The van der Waals surface area contributed by atoms with Gasteiger partial charge >= 0.3 is 0 Å². The fourth-order valence-corrected chi connectivity index (χ4v) is 2.70. The summed E-state index contributed by atoms with van der Waals surface area (Å²) in [5.41, 5.74) is 1.65. The Morgan fingerprint density at radius 3 is 2.45 bits per heavy atom. The van der Waals surface area contributed by atoms with E-state index in [0.29, 0.717) is 21.3 Å². The predicted octanol–water partition coefficient (Wildman–Crippen LogP) is 4.36.